The van der Waals surface area contributed by atoms with Gasteiger partial charge in [-0.1, -0.05) is 0 Å². The molecule has 0 aliphatic carbocycles. The number of furan rings is 1. The van der Waals surface area contributed by atoms with E-state index in [-0.39, 0.29) is 0 Å². The summed E-state index contributed by atoms with van der Waals surface area (Å²) in [7, 11) is 1.97. The summed E-state index contributed by atoms with van der Waals surface area (Å²) in [5, 5.41) is 6.46. The maximum Gasteiger partial charge on any atom is 0.110 e. The second-order valence-corrected chi connectivity index (χ2v) is 4.83. The van der Waals surface area contributed by atoms with E-state index >= 15 is 0 Å². The van der Waals surface area contributed by atoms with Crippen molar-refractivity contribution in [3.05, 3.63) is 40.2 Å². The highest BCUT2D eigenvalue weighted by Crippen LogP contribution is 2.16. The molecule has 0 aromatic carbocycles. The topological polar surface area (TPSA) is 38.1 Å². The summed E-state index contributed by atoms with van der Waals surface area (Å²) in [6.45, 7) is 2.16. The van der Waals surface area contributed by atoms with E-state index < -0.39 is 0 Å². The first kappa shape index (κ1) is 11.4. The van der Waals surface area contributed by atoms with E-state index in [0.717, 1.165) is 29.3 Å². The third kappa shape index (κ3) is 2.93. The van der Waals surface area contributed by atoms with Gasteiger partial charge in [0.15, 0.2) is 0 Å². The van der Waals surface area contributed by atoms with Crippen molar-refractivity contribution in [1.29, 1.82) is 0 Å². The van der Waals surface area contributed by atoms with Gasteiger partial charge in [-0.2, -0.15) is 0 Å². The second kappa shape index (κ2) is 5.27. The molecule has 2 heterocycles. The molecule has 2 rings (SSSR count). The Labute approximate surface area is 99.5 Å². The lowest BCUT2D eigenvalue weighted by Crippen LogP contribution is -2.23. The van der Waals surface area contributed by atoms with Gasteiger partial charge in [0.2, 0.25) is 0 Å². The van der Waals surface area contributed by atoms with Crippen LogP contribution in [-0.4, -0.2) is 18.1 Å². The summed E-state index contributed by atoms with van der Waals surface area (Å²) < 4.78 is 5.30. The SMILES string of the molecule is CNC(C)Cc1csc(Cc2ccco2)n1. The van der Waals surface area contributed by atoms with Crippen LogP contribution in [0.5, 0.6) is 0 Å². The van der Waals surface area contributed by atoms with Crippen molar-refractivity contribution in [3.63, 3.8) is 0 Å². The molecule has 1 unspecified atom stereocenters. The average Bonchev–Trinajstić information content (AvgIpc) is 2.91. The van der Waals surface area contributed by atoms with Crippen molar-refractivity contribution >= 4 is 11.3 Å². The molecule has 0 bridgehead atoms. The van der Waals surface area contributed by atoms with Crippen LogP contribution in [0.4, 0.5) is 0 Å². The second-order valence-electron chi connectivity index (χ2n) is 3.88. The fourth-order valence-corrected chi connectivity index (χ4v) is 2.32. The lowest BCUT2D eigenvalue weighted by Gasteiger charge is -2.06. The van der Waals surface area contributed by atoms with Gasteiger partial charge in [-0.15, -0.1) is 11.3 Å². The minimum atomic E-state index is 0.471. The van der Waals surface area contributed by atoms with Gasteiger partial charge in [-0.25, -0.2) is 4.98 Å². The molecule has 0 fully saturated rings. The molecule has 3 nitrogen and oxygen atoms in total. The Morgan fingerprint density at radius 3 is 3.12 bits per heavy atom. The molecular weight excluding hydrogens is 220 g/mol. The van der Waals surface area contributed by atoms with Crippen molar-refractivity contribution in [2.45, 2.75) is 25.8 Å². The first-order valence-corrected chi connectivity index (χ1v) is 6.29. The third-order valence-electron chi connectivity index (χ3n) is 2.51. The number of hydrogen-bond donors (Lipinski definition) is 1. The van der Waals surface area contributed by atoms with Crippen LogP contribution in [0, 0.1) is 0 Å². The van der Waals surface area contributed by atoms with Gasteiger partial charge >= 0.3 is 0 Å². The largest absolute Gasteiger partial charge is 0.469 e. The maximum atomic E-state index is 5.30. The molecule has 86 valence electrons. The highest BCUT2D eigenvalue weighted by Gasteiger charge is 2.07. The van der Waals surface area contributed by atoms with E-state index in [4.69, 9.17) is 4.42 Å². The molecule has 0 spiro atoms. The van der Waals surface area contributed by atoms with E-state index in [9.17, 15) is 0 Å². The number of nitrogens with zero attached hydrogens (tertiary/aromatic N) is 1. The molecular formula is C12H16N2OS. The molecule has 0 radical (unpaired) electrons. The molecule has 0 saturated carbocycles. The van der Waals surface area contributed by atoms with Crippen LogP contribution in [-0.2, 0) is 12.8 Å². The van der Waals surface area contributed by atoms with E-state index in [2.05, 4.69) is 22.6 Å². The van der Waals surface area contributed by atoms with Crippen molar-refractivity contribution in [1.82, 2.24) is 10.3 Å². The van der Waals surface area contributed by atoms with E-state index in [1.807, 2.05) is 19.2 Å². The first-order valence-electron chi connectivity index (χ1n) is 5.41. The van der Waals surface area contributed by atoms with E-state index in [0.29, 0.717) is 6.04 Å². The summed E-state index contributed by atoms with van der Waals surface area (Å²) in [6.07, 6.45) is 3.48. The van der Waals surface area contributed by atoms with Crippen LogP contribution in [0.15, 0.2) is 28.2 Å². The fraction of sp³-hybridized carbons (Fsp3) is 0.417. The predicted octanol–water partition coefficient (Wildman–Crippen LogP) is 2.48. The Balaban J connectivity index is 1.97. The number of rotatable bonds is 5. The molecule has 4 heteroatoms. The molecule has 16 heavy (non-hydrogen) atoms. The lowest BCUT2D eigenvalue weighted by molar-refractivity contribution is 0.520. The minimum absolute atomic E-state index is 0.471. The number of thiazole rings is 1. The van der Waals surface area contributed by atoms with Gasteiger partial charge in [0.25, 0.3) is 0 Å². The monoisotopic (exact) mass is 236 g/mol. The molecule has 0 amide bonds. The first-order chi connectivity index (χ1) is 7.78. The summed E-state index contributed by atoms with van der Waals surface area (Å²) in [5.41, 5.74) is 1.16. The van der Waals surface area contributed by atoms with Gasteiger partial charge in [0, 0.05) is 17.8 Å². The van der Waals surface area contributed by atoms with Crippen molar-refractivity contribution in [2.75, 3.05) is 7.05 Å². The smallest absolute Gasteiger partial charge is 0.110 e. The van der Waals surface area contributed by atoms with Crippen LogP contribution in [0.1, 0.15) is 23.4 Å². The quantitative estimate of drug-likeness (QED) is 0.866. The zero-order chi connectivity index (χ0) is 11.4. The van der Waals surface area contributed by atoms with Crippen LogP contribution < -0.4 is 5.32 Å². The number of likely N-dealkylation sites (N-methyl/N-ethyl adjacent to an activating group) is 1. The lowest BCUT2D eigenvalue weighted by atomic mass is 10.2. The van der Waals surface area contributed by atoms with Gasteiger partial charge in [-0.3, -0.25) is 0 Å². The van der Waals surface area contributed by atoms with Crippen molar-refractivity contribution in [2.24, 2.45) is 0 Å². The standard InChI is InChI=1S/C12H16N2OS/c1-9(13-2)6-10-8-16-12(14-10)7-11-4-3-5-15-11/h3-5,8-9,13H,6-7H2,1-2H3. The zero-order valence-electron chi connectivity index (χ0n) is 9.56. The number of hydrogen-bond acceptors (Lipinski definition) is 4. The minimum Gasteiger partial charge on any atom is -0.469 e. The predicted molar refractivity (Wildman–Crippen MR) is 65.9 cm³/mol. The molecule has 2 aromatic heterocycles. The van der Waals surface area contributed by atoms with Crippen molar-refractivity contribution < 1.29 is 4.42 Å². The Hall–Kier alpha value is -1.13. The molecule has 0 aliphatic rings. The number of nitrogens with one attached hydrogen (secondary N) is 1. The van der Waals surface area contributed by atoms with Crippen LogP contribution >= 0.6 is 11.3 Å². The Morgan fingerprint density at radius 2 is 2.44 bits per heavy atom. The summed E-state index contributed by atoms with van der Waals surface area (Å²) in [5.74, 6) is 0.975. The van der Waals surface area contributed by atoms with Gasteiger partial charge in [0.05, 0.1) is 18.4 Å². The molecule has 1 atom stereocenters. The Morgan fingerprint density at radius 1 is 1.56 bits per heavy atom. The summed E-state index contributed by atoms with van der Waals surface area (Å²) >= 11 is 1.70. The normalized spacial score (nSPS) is 12.9. The fourth-order valence-electron chi connectivity index (χ4n) is 1.50. The van der Waals surface area contributed by atoms with E-state index in [1.165, 1.54) is 0 Å². The highest BCUT2D eigenvalue weighted by molar-refractivity contribution is 7.09. The van der Waals surface area contributed by atoms with Gasteiger partial charge < -0.3 is 9.73 Å². The van der Waals surface area contributed by atoms with Crippen LogP contribution in [0.25, 0.3) is 0 Å². The molecule has 2 aromatic rings. The third-order valence-corrected chi connectivity index (χ3v) is 3.41. The molecule has 0 aliphatic heterocycles. The van der Waals surface area contributed by atoms with Crippen LogP contribution in [0.3, 0.4) is 0 Å². The van der Waals surface area contributed by atoms with E-state index in [1.54, 1.807) is 17.6 Å². The summed E-state index contributed by atoms with van der Waals surface area (Å²) in [6, 6.07) is 4.36. The Kier molecular flexibility index (Phi) is 3.74. The highest BCUT2D eigenvalue weighted by atomic mass is 32.1. The molecule has 0 saturated heterocycles. The van der Waals surface area contributed by atoms with Crippen LogP contribution in [0.2, 0.25) is 0 Å². The van der Waals surface area contributed by atoms with Gasteiger partial charge in [-0.05, 0) is 26.1 Å². The maximum absolute atomic E-state index is 5.30. The number of aromatic nitrogens is 1. The van der Waals surface area contributed by atoms with Gasteiger partial charge in [0.1, 0.15) is 10.8 Å². The van der Waals surface area contributed by atoms with Crippen molar-refractivity contribution in [3.8, 4) is 0 Å². The zero-order valence-corrected chi connectivity index (χ0v) is 10.4. The summed E-state index contributed by atoms with van der Waals surface area (Å²) in [4.78, 5) is 4.59. The Bertz CT molecular complexity index is 422. The molecule has 1 N–H and O–H groups in total. The average molecular weight is 236 g/mol.